The highest BCUT2D eigenvalue weighted by Gasteiger charge is 2.56. The monoisotopic (exact) mass is 352 g/mol. The SMILES string of the molecule is CCOc1ccc(NC(=O)C2(C(=O)Nc3ccc(C)cc3C)CC2)cc1. The maximum atomic E-state index is 12.7. The van der Waals surface area contributed by atoms with Gasteiger partial charge in [-0.15, -0.1) is 0 Å². The van der Waals surface area contributed by atoms with E-state index in [-0.39, 0.29) is 11.8 Å². The number of carbonyl (C=O) groups is 2. The zero-order chi connectivity index (χ0) is 18.7. The Labute approximate surface area is 153 Å². The summed E-state index contributed by atoms with van der Waals surface area (Å²) in [6, 6.07) is 13.0. The molecule has 136 valence electrons. The van der Waals surface area contributed by atoms with Gasteiger partial charge >= 0.3 is 0 Å². The normalized spacial score (nSPS) is 14.4. The standard InChI is InChI=1S/C21H24N2O3/c1-4-26-17-8-6-16(7-9-17)22-19(24)21(11-12-21)20(25)23-18-10-5-14(2)13-15(18)3/h5-10,13H,4,11-12H2,1-3H3,(H,22,24)(H,23,25). The number of amides is 2. The molecule has 0 heterocycles. The van der Waals surface area contributed by atoms with Crippen LogP contribution in [0.5, 0.6) is 5.75 Å². The Morgan fingerprint density at radius 3 is 2.23 bits per heavy atom. The van der Waals surface area contributed by atoms with Crippen molar-refractivity contribution in [3.63, 3.8) is 0 Å². The number of aryl methyl sites for hydroxylation is 2. The smallest absolute Gasteiger partial charge is 0.240 e. The molecule has 0 spiro atoms. The van der Waals surface area contributed by atoms with Crippen molar-refractivity contribution in [3.8, 4) is 5.75 Å². The second kappa shape index (κ2) is 7.20. The van der Waals surface area contributed by atoms with Crippen molar-refractivity contribution in [1.29, 1.82) is 0 Å². The molecule has 0 aromatic heterocycles. The Bertz CT molecular complexity index is 824. The van der Waals surface area contributed by atoms with E-state index >= 15 is 0 Å². The van der Waals surface area contributed by atoms with Gasteiger partial charge in [-0.25, -0.2) is 0 Å². The maximum absolute atomic E-state index is 12.7. The average molecular weight is 352 g/mol. The summed E-state index contributed by atoms with van der Waals surface area (Å²) in [5, 5.41) is 5.76. The van der Waals surface area contributed by atoms with E-state index in [2.05, 4.69) is 10.6 Å². The van der Waals surface area contributed by atoms with Crippen LogP contribution in [0.1, 0.15) is 30.9 Å². The first-order valence-corrected chi connectivity index (χ1v) is 8.87. The van der Waals surface area contributed by atoms with Crippen LogP contribution in [-0.2, 0) is 9.59 Å². The molecule has 2 N–H and O–H groups in total. The molecule has 5 nitrogen and oxygen atoms in total. The minimum atomic E-state index is -0.976. The molecule has 2 aromatic rings. The number of benzene rings is 2. The van der Waals surface area contributed by atoms with E-state index in [0.29, 0.717) is 25.1 Å². The number of anilines is 2. The van der Waals surface area contributed by atoms with Crippen LogP contribution in [0.3, 0.4) is 0 Å². The third-order valence-electron chi connectivity index (χ3n) is 4.67. The second-order valence-corrected chi connectivity index (χ2v) is 6.77. The summed E-state index contributed by atoms with van der Waals surface area (Å²) < 4.78 is 5.39. The van der Waals surface area contributed by atoms with Gasteiger partial charge in [-0.2, -0.15) is 0 Å². The van der Waals surface area contributed by atoms with Gasteiger partial charge in [-0.3, -0.25) is 9.59 Å². The first-order valence-electron chi connectivity index (χ1n) is 8.87. The van der Waals surface area contributed by atoms with E-state index < -0.39 is 5.41 Å². The van der Waals surface area contributed by atoms with Gasteiger partial charge < -0.3 is 15.4 Å². The van der Waals surface area contributed by atoms with Crippen molar-refractivity contribution < 1.29 is 14.3 Å². The fourth-order valence-electron chi connectivity index (χ4n) is 2.93. The van der Waals surface area contributed by atoms with E-state index in [4.69, 9.17) is 4.74 Å². The number of ether oxygens (including phenoxy) is 1. The fourth-order valence-corrected chi connectivity index (χ4v) is 2.93. The van der Waals surface area contributed by atoms with Gasteiger partial charge in [-0.05, 0) is 69.5 Å². The van der Waals surface area contributed by atoms with E-state index in [0.717, 1.165) is 22.6 Å². The van der Waals surface area contributed by atoms with Gasteiger partial charge in [0, 0.05) is 11.4 Å². The van der Waals surface area contributed by atoms with Crippen LogP contribution in [0.25, 0.3) is 0 Å². The Hall–Kier alpha value is -2.82. The lowest BCUT2D eigenvalue weighted by atomic mass is 10.0. The molecule has 3 rings (SSSR count). The lowest BCUT2D eigenvalue weighted by Gasteiger charge is -2.17. The predicted octanol–water partition coefficient (Wildman–Crippen LogP) is 4.06. The van der Waals surface area contributed by atoms with E-state index in [1.807, 2.05) is 39.0 Å². The molecule has 26 heavy (non-hydrogen) atoms. The van der Waals surface area contributed by atoms with Crippen LogP contribution < -0.4 is 15.4 Å². The van der Waals surface area contributed by atoms with Gasteiger partial charge in [0.15, 0.2) is 0 Å². The van der Waals surface area contributed by atoms with Crippen molar-refractivity contribution in [2.75, 3.05) is 17.2 Å². The molecule has 2 amide bonds. The number of hydrogen-bond acceptors (Lipinski definition) is 3. The molecule has 0 atom stereocenters. The number of rotatable bonds is 6. The van der Waals surface area contributed by atoms with Gasteiger partial charge in [0.2, 0.25) is 11.8 Å². The van der Waals surface area contributed by atoms with E-state index in [1.165, 1.54) is 0 Å². The Morgan fingerprint density at radius 1 is 1.00 bits per heavy atom. The van der Waals surface area contributed by atoms with Crippen molar-refractivity contribution in [3.05, 3.63) is 53.6 Å². The molecular formula is C21H24N2O3. The molecular weight excluding hydrogens is 328 g/mol. The van der Waals surface area contributed by atoms with Crippen LogP contribution >= 0.6 is 0 Å². The largest absolute Gasteiger partial charge is 0.494 e. The molecule has 0 aliphatic heterocycles. The Balaban J connectivity index is 1.67. The van der Waals surface area contributed by atoms with Crippen LogP contribution in [0.4, 0.5) is 11.4 Å². The van der Waals surface area contributed by atoms with Crippen molar-refractivity contribution in [1.82, 2.24) is 0 Å². The first-order chi connectivity index (χ1) is 12.4. The minimum absolute atomic E-state index is 0.243. The van der Waals surface area contributed by atoms with Crippen LogP contribution in [0.2, 0.25) is 0 Å². The molecule has 0 unspecified atom stereocenters. The third-order valence-corrected chi connectivity index (χ3v) is 4.67. The number of hydrogen-bond donors (Lipinski definition) is 2. The maximum Gasteiger partial charge on any atom is 0.240 e. The number of carbonyl (C=O) groups excluding carboxylic acids is 2. The summed E-state index contributed by atoms with van der Waals surface area (Å²) in [7, 11) is 0. The predicted molar refractivity (Wildman–Crippen MR) is 102 cm³/mol. The Kier molecular flexibility index (Phi) is 4.98. The van der Waals surface area contributed by atoms with E-state index in [1.54, 1.807) is 24.3 Å². The second-order valence-electron chi connectivity index (χ2n) is 6.77. The molecule has 1 aliphatic carbocycles. The number of nitrogens with one attached hydrogen (secondary N) is 2. The quantitative estimate of drug-likeness (QED) is 0.771. The zero-order valence-electron chi connectivity index (χ0n) is 15.4. The third kappa shape index (κ3) is 3.72. The molecule has 5 heteroatoms. The van der Waals surface area contributed by atoms with Crippen molar-refractivity contribution in [2.45, 2.75) is 33.6 Å². The van der Waals surface area contributed by atoms with Gasteiger partial charge in [0.25, 0.3) is 0 Å². The topological polar surface area (TPSA) is 67.4 Å². The van der Waals surface area contributed by atoms with Crippen LogP contribution in [0, 0.1) is 19.3 Å². The molecule has 0 bridgehead atoms. The summed E-state index contributed by atoms with van der Waals surface area (Å²) in [4.78, 5) is 25.4. The zero-order valence-corrected chi connectivity index (χ0v) is 15.4. The van der Waals surface area contributed by atoms with Gasteiger partial charge in [0.1, 0.15) is 11.2 Å². The molecule has 0 saturated heterocycles. The highest BCUT2D eigenvalue weighted by atomic mass is 16.5. The highest BCUT2D eigenvalue weighted by Crippen LogP contribution is 2.47. The average Bonchev–Trinajstić information content (AvgIpc) is 3.41. The summed E-state index contributed by atoms with van der Waals surface area (Å²) in [5.41, 5.74) is 2.55. The summed E-state index contributed by atoms with van der Waals surface area (Å²) in [6.07, 6.45) is 1.12. The highest BCUT2D eigenvalue weighted by molar-refractivity contribution is 6.17. The molecule has 1 fully saturated rings. The van der Waals surface area contributed by atoms with Gasteiger partial charge in [0.05, 0.1) is 6.61 Å². The molecule has 1 aliphatic rings. The molecule has 2 aromatic carbocycles. The summed E-state index contributed by atoms with van der Waals surface area (Å²) >= 11 is 0. The fraction of sp³-hybridized carbons (Fsp3) is 0.333. The van der Waals surface area contributed by atoms with Gasteiger partial charge in [-0.1, -0.05) is 17.7 Å². The molecule has 0 radical (unpaired) electrons. The Morgan fingerprint density at radius 2 is 1.65 bits per heavy atom. The van der Waals surface area contributed by atoms with Crippen LogP contribution in [-0.4, -0.2) is 18.4 Å². The molecule has 1 saturated carbocycles. The first kappa shape index (κ1) is 18.0. The van der Waals surface area contributed by atoms with Crippen molar-refractivity contribution >= 4 is 23.2 Å². The lowest BCUT2D eigenvalue weighted by Crippen LogP contribution is -2.35. The summed E-state index contributed by atoms with van der Waals surface area (Å²) in [6.45, 7) is 6.46. The minimum Gasteiger partial charge on any atom is -0.494 e. The van der Waals surface area contributed by atoms with Crippen molar-refractivity contribution in [2.24, 2.45) is 5.41 Å². The lowest BCUT2D eigenvalue weighted by molar-refractivity contribution is -0.131. The summed E-state index contributed by atoms with van der Waals surface area (Å²) in [5.74, 6) is 0.246. The van der Waals surface area contributed by atoms with E-state index in [9.17, 15) is 9.59 Å². The van der Waals surface area contributed by atoms with Crippen LogP contribution in [0.15, 0.2) is 42.5 Å².